The zero-order valence-electron chi connectivity index (χ0n) is 26.2. The van der Waals surface area contributed by atoms with Crippen molar-refractivity contribution in [1.82, 2.24) is 25.0 Å². The number of hydrogen-bond donors (Lipinski definition) is 2. The largest absolute Gasteiger partial charge is 0.351 e. The van der Waals surface area contributed by atoms with Gasteiger partial charge < -0.3 is 20.1 Å². The second-order valence-corrected chi connectivity index (χ2v) is 13.6. The molecule has 1 unspecified atom stereocenters. The molecule has 7 nitrogen and oxygen atoms in total. The summed E-state index contributed by atoms with van der Waals surface area (Å²) in [4.78, 5) is 38.0. The first-order chi connectivity index (χ1) is 20.7. The fourth-order valence-electron chi connectivity index (χ4n) is 6.88. The Morgan fingerprint density at radius 2 is 1.56 bits per heavy atom. The summed E-state index contributed by atoms with van der Waals surface area (Å²) >= 11 is 6.13. The van der Waals surface area contributed by atoms with Gasteiger partial charge in [-0.15, -0.1) is 0 Å². The first kappa shape index (κ1) is 31.6. The number of halogens is 1. The topological polar surface area (TPSA) is 71.7 Å². The Kier molecular flexibility index (Phi) is 10.5. The molecule has 2 aliphatic rings. The number of aromatic nitrogens is 1. The molecule has 2 N–H and O–H groups in total. The molecule has 5 rings (SSSR count). The van der Waals surface area contributed by atoms with Crippen molar-refractivity contribution in [3.63, 3.8) is 0 Å². The second kappa shape index (κ2) is 14.3. The summed E-state index contributed by atoms with van der Waals surface area (Å²) in [6.07, 6.45) is 4.77. The quantitative estimate of drug-likeness (QED) is 0.298. The molecule has 0 radical (unpaired) electrons. The highest BCUT2D eigenvalue weighted by molar-refractivity contribution is 6.30. The molecule has 0 saturated carbocycles. The van der Waals surface area contributed by atoms with Gasteiger partial charge in [0.15, 0.2) is 0 Å². The Morgan fingerprint density at radius 1 is 0.930 bits per heavy atom. The molecular weight excluding hydrogens is 558 g/mol. The molecule has 1 aromatic heterocycles. The summed E-state index contributed by atoms with van der Waals surface area (Å²) in [5, 5.41) is 4.69. The van der Waals surface area contributed by atoms with Crippen molar-refractivity contribution >= 4 is 34.3 Å². The molecule has 1 atom stereocenters. The van der Waals surface area contributed by atoms with Gasteiger partial charge in [0, 0.05) is 60.1 Å². The number of carbonyl (C=O) groups is 2. The molecule has 0 bridgehead atoms. The predicted octanol–water partition coefficient (Wildman–Crippen LogP) is 5.98. The summed E-state index contributed by atoms with van der Waals surface area (Å²) in [6.45, 7) is 14.1. The Hall–Kier alpha value is -2.87. The number of carbonyl (C=O) groups excluding carboxylic acids is 2. The summed E-state index contributed by atoms with van der Waals surface area (Å²) in [5.41, 5.74) is 2.32. The van der Waals surface area contributed by atoms with Gasteiger partial charge in [-0.05, 0) is 88.4 Å². The maximum absolute atomic E-state index is 14.0. The van der Waals surface area contributed by atoms with Gasteiger partial charge in [0.2, 0.25) is 5.91 Å². The standard InChI is InChI=1S/C35H48ClN5O2/c1-24(2)23-41(29-13-17-39(18-14-29)25(3)4)30-15-19-40(20-16-30)35(43)33(21-26-9-11-28(36)12-10-26)38-34(42)32-22-27-7-5-6-8-31(27)37-32/h5-12,22,24-25,29-30,33,37H,13-21,23H2,1-4H3,(H,38,42). The molecule has 0 spiro atoms. The van der Waals surface area contributed by atoms with E-state index in [2.05, 4.69) is 47.8 Å². The molecule has 2 saturated heterocycles. The molecule has 2 amide bonds. The number of hydrogen-bond acceptors (Lipinski definition) is 4. The number of nitrogens with zero attached hydrogens (tertiary/aromatic N) is 3. The minimum atomic E-state index is -0.663. The molecule has 2 aromatic carbocycles. The Balaban J connectivity index is 1.26. The minimum Gasteiger partial charge on any atom is -0.351 e. The number of aromatic amines is 1. The Morgan fingerprint density at radius 3 is 2.16 bits per heavy atom. The molecular formula is C35H48ClN5O2. The van der Waals surface area contributed by atoms with Crippen LogP contribution in [0.15, 0.2) is 54.6 Å². The van der Waals surface area contributed by atoms with Crippen LogP contribution in [0.1, 0.15) is 69.4 Å². The number of amides is 2. The molecule has 232 valence electrons. The lowest BCUT2D eigenvalue weighted by Crippen LogP contribution is -2.56. The van der Waals surface area contributed by atoms with Crippen LogP contribution in [-0.2, 0) is 11.2 Å². The third-order valence-corrected chi connectivity index (χ3v) is 9.50. The van der Waals surface area contributed by atoms with Gasteiger partial charge >= 0.3 is 0 Å². The fraction of sp³-hybridized carbons (Fsp3) is 0.543. The number of nitrogens with one attached hydrogen (secondary N) is 2. The molecule has 2 fully saturated rings. The van der Waals surface area contributed by atoms with Gasteiger partial charge in [-0.3, -0.25) is 14.5 Å². The Bertz CT molecular complexity index is 1320. The monoisotopic (exact) mass is 605 g/mol. The first-order valence-corrected chi connectivity index (χ1v) is 16.5. The third-order valence-electron chi connectivity index (χ3n) is 9.25. The normalized spacial score (nSPS) is 18.2. The average Bonchev–Trinajstić information content (AvgIpc) is 3.45. The SMILES string of the molecule is CC(C)CN(C1CCN(C(=O)C(Cc2ccc(Cl)cc2)NC(=O)c2cc3ccccc3[nH]2)CC1)C1CCN(C(C)C)CC1. The number of fused-ring (bicyclic) bond motifs is 1. The van der Waals surface area contributed by atoms with E-state index in [-0.39, 0.29) is 11.8 Å². The zero-order chi connectivity index (χ0) is 30.5. The summed E-state index contributed by atoms with van der Waals surface area (Å²) in [5.74, 6) is 0.319. The van der Waals surface area contributed by atoms with Crippen LogP contribution in [-0.4, -0.2) is 88.4 Å². The third kappa shape index (κ3) is 8.00. The van der Waals surface area contributed by atoms with E-state index < -0.39 is 6.04 Å². The van der Waals surface area contributed by atoms with Crippen molar-refractivity contribution in [2.75, 3.05) is 32.7 Å². The van der Waals surface area contributed by atoms with Crippen LogP contribution in [0, 0.1) is 5.92 Å². The summed E-state index contributed by atoms with van der Waals surface area (Å²) in [6, 6.07) is 18.2. The van der Waals surface area contributed by atoms with Crippen LogP contribution >= 0.6 is 11.6 Å². The van der Waals surface area contributed by atoms with Crippen molar-refractivity contribution < 1.29 is 9.59 Å². The van der Waals surface area contributed by atoms with Crippen LogP contribution in [0.4, 0.5) is 0 Å². The molecule has 3 heterocycles. The van der Waals surface area contributed by atoms with Crippen LogP contribution < -0.4 is 5.32 Å². The van der Waals surface area contributed by atoms with Gasteiger partial charge in [0.05, 0.1) is 0 Å². The lowest BCUT2D eigenvalue weighted by molar-refractivity contribution is -0.135. The number of para-hydroxylation sites is 1. The number of rotatable bonds is 10. The predicted molar refractivity (Wildman–Crippen MR) is 176 cm³/mol. The minimum absolute atomic E-state index is 0.0153. The van der Waals surface area contributed by atoms with Crippen LogP contribution in [0.5, 0.6) is 0 Å². The molecule has 3 aromatic rings. The van der Waals surface area contributed by atoms with E-state index in [9.17, 15) is 9.59 Å². The Labute approximate surface area is 261 Å². The van der Waals surface area contributed by atoms with Crippen molar-refractivity contribution in [3.05, 3.63) is 70.9 Å². The van der Waals surface area contributed by atoms with E-state index in [1.807, 2.05) is 59.5 Å². The van der Waals surface area contributed by atoms with Crippen LogP contribution in [0.3, 0.4) is 0 Å². The highest BCUT2D eigenvalue weighted by Gasteiger charge is 2.35. The second-order valence-electron chi connectivity index (χ2n) is 13.1. The van der Waals surface area contributed by atoms with Gasteiger partial charge in [-0.25, -0.2) is 0 Å². The van der Waals surface area contributed by atoms with E-state index in [0.29, 0.717) is 54.3 Å². The first-order valence-electron chi connectivity index (χ1n) is 16.1. The maximum Gasteiger partial charge on any atom is 0.268 e. The lowest BCUT2D eigenvalue weighted by atomic mass is 9.94. The number of H-pyrrole nitrogens is 1. The van der Waals surface area contributed by atoms with E-state index in [1.165, 1.54) is 12.8 Å². The number of benzene rings is 2. The molecule has 0 aliphatic carbocycles. The maximum atomic E-state index is 14.0. The molecule has 8 heteroatoms. The van der Waals surface area contributed by atoms with Crippen molar-refractivity contribution in [2.45, 2.75) is 84.0 Å². The highest BCUT2D eigenvalue weighted by atomic mass is 35.5. The average molecular weight is 606 g/mol. The van der Waals surface area contributed by atoms with Crippen molar-refractivity contribution in [2.24, 2.45) is 5.92 Å². The number of likely N-dealkylation sites (tertiary alicyclic amines) is 2. The summed E-state index contributed by atoms with van der Waals surface area (Å²) in [7, 11) is 0. The van der Waals surface area contributed by atoms with Crippen LogP contribution in [0.25, 0.3) is 10.9 Å². The highest BCUT2D eigenvalue weighted by Crippen LogP contribution is 2.27. The lowest BCUT2D eigenvalue weighted by Gasteiger charge is -2.46. The summed E-state index contributed by atoms with van der Waals surface area (Å²) < 4.78 is 0. The van der Waals surface area contributed by atoms with E-state index in [1.54, 1.807) is 0 Å². The van der Waals surface area contributed by atoms with Crippen molar-refractivity contribution in [1.29, 1.82) is 0 Å². The van der Waals surface area contributed by atoms with Crippen molar-refractivity contribution in [3.8, 4) is 0 Å². The van der Waals surface area contributed by atoms with Gasteiger partial charge in [-0.1, -0.05) is 55.8 Å². The van der Waals surface area contributed by atoms with E-state index >= 15 is 0 Å². The molecule has 2 aliphatic heterocycles. The van der Waals surface area contributed by atoms with E-state index in [0.717, 1.165) is 48.9 Å². The van der Waals surface area contributed by atoms with Gasteiger partial charge in [-0.2, -0.15) is 0 Å². The van der Waals surface area contributed by atoms with Gasteiger partial charge in [0.1, 0.15) is 11.7 Å². The number of piperidine rings is 2. The smallest absolute Gasteiger partial charge is 0.268 e. The van der Waals surface area contributed by atoms with E-state index in [4.69, 9.17) is 11.6 Å². The fourth-order valence-corrected chi connectivity index (χ4v) is 7.00. The zero-order valence-corrected chi connectivity index (χ0v) is 26.9. The van der Waals surface area contributed by atoms with Crippen LogP contribution in [0.2, 0.25) is 5.02 Å². The molecule has 43 heavy (non-hydrogen) atoms. The van der Waals surface area contributed by atoms with Gasteiger partial charge in [0.25, 0.3) is 5.91 Å².